The van der Waals surface area contributed by atoms with Crippen molar-refractivity contribution in [3.63, 3.8) is 0 Å². The third-order valence-corrected chi connectivity index (χ3v) is 9.68. The van der Waals surface area contributed by atoms with Crippen LogP contribution in [0.3, 0.4) is 0 Å². The summed E-state index contributed by atoms with van der Waals surface area (Å²) in [4.78, 5) is 0.899. The second-order valence-corrected chi connectivity index (χ2v) is 9.86. The SMILES string of the molecule is O=S1C(c2ccccc2)=C[C@@H]2[C@H]1C1C=CC2(c2ccccc2)S1=O. The third-order valence-electron chi connectivity index (χ3n) is 5.36. The molecule has 2 aromatic carbocycles. The van der Waals surface area contributed by atoms with Gasteiger partial charge in [0.15, 0.2) is 0 Å². The van der Waals surface area contributed by atoms with Gasteiger partial charge in [0.05, 0.1) is 26.0 Å². The molecule has 2 bridgehead atoms. The highest BCUT2D eigenvalue weighted by atomic mass is 32.2. The van der Waals surface area contributed by atoms with Crippen molar-refractivity contribution in [2.24, 2.45) is 5.92 Å². The first-order chi connectivity index (χ1) is 11.7. The molecular formula is C20H16O2S2. The van der Waals surface area contributed by atoms with E-state index in [4.69, 9.17) is 0 Å². The van der Waals surface area contributed by atoms with Crippen molar-refractivity contribution in [2.75, 3.05) is 0 Å². The zero-order valence-electron chi connectivity index (χ0n) is 12.9. The van der Waals surface area contributed by atoms with Gasteiger partial charge in [-0.05, 0) is 11.1 Å². The third kappa shape index (κ3) is 1.70. The van der Waals surface area contributed by atoms with Crippen molar-refractivity contribution in [3.05, 3.63) is 90.0 Å². The van der Waals surface area contributed by atoms with E-state index in [0.29, 0.717) is 0 Å². The minimum Gasteiger partial charge on any atom is -0.258 e. The summed E-state index contributed by atoms with van der Waals surface area (Å²) in [6.07, 6.45) is 6.26. The smallest absolute Gasteiger partial charge is 0.0968 e. The van der Waals surface area contributed by atoms with Crippen molar-refractivity contribution >= 4 is 26.5 Å². The van der Waals surface area contributed by atoms with E-state index in [1.54, 1.807) is 0 Å². The van der Waals surface area contributed by atoms with Crippen LogP contribution < -0.4 is 0 Å². The van der Waals surface area contributed by atoms with Crippen LogP contribution in [-0.2, 0) is 26.3 Å². The van der Waals surface area contributed by atoms with Gasteiger partial charge >= 0.3 is 0 Å². The van der Waals surface area contributed by atoms with E-state index in [1.165, 1.54) is 0 Å². The molecule has 0 amide bonds. The zero-order valence-corrected chi connectivity index (χ0v) is 14.5. The molecule has 0 N–H and O–H groups in total. The van der Waals surface area contributed by atoms with Gasteiger partial charge in [0.2, 0.25) is 0 Å². The highest BCUT2D eigenvalue weighted by Gasteiger charge is 2.65. The normalized spacial score (nSPS) is 39.0. The van der Waals surface area contributed by atoms with E-state index < -0.39 is 26.3 Å². The summed E-state index contributed by atoms with van der Waals surface area (Å²) < 4.78 is 25.8. The number of benzene rings is 2. The predicted molar refractivity (Wildman–Crippen MR) is 99.0 cm³/mol. The van der Waals surface area contributed by atoms with E-state index >= 15 is 0 Å². The molecule has 4 heteroatoms. The second kappa shape index (κ2) is 5.11. The molecule has 120 valence electrons. The van der Waals surface area contributed by atoms with Crippen LogP contribution in [0.1, 0.15) is 11.1 Å². The molecule has 0 radical (unpaired) electrons. The van der Waals surface area contributed by atoms with E-state index in [-0.39, 0.29) is 16.4 Å². The largest absolute Gasteiger partial charge is 0.258 e. The van der Waals surface area contributed by atoms with Gasteiger partial charge in [0.1, 0.15) is 0 Å². The van der Waals surface area contributed by atoms with Crippen molar-refractivity contribution in [3.8, 4) is 0 Å². The standard InChI is InChI=1S/C20H16O2S2/c21-23-18(14-7-3-1-4-8-14)13-16-19(23)17-11-12-20(16,24(17)22)15-9-5-2-6-10-15/h1-13,16-17,19H/t16-,17?,19+,20?,23?,24?/m1/s1. The van der Waals surface area contributed by atoms with Gasteiger partial charge in [-0.25, -0.2) is 0 Å². The maximum Gasteiger partial charge on any atom is 0.0968 e. The summed E-state index contributed by atoms with van der Waals surface area (Å²) in [5, 5.41) is -0.195. The van der Waals surface area contributed by atoms with E-state index in [9.17, 15) is 8.42 Å². The van der Waals surface area contributed by atoms with Gasteiger partial charge in [-0.3, -0.25) is 8.42 Å². The molecule has 0 saturated carbocycles. The van der Waals surface area contributed by atoms with Crippen LogP contribution in [0.5, 0.6) is 0 Å². The highest BCUT2D eigenvalue weighted by molar-refractivity contribution is 7.97. The van der Waals surface area contributed by atoms with Crippen LogP contribution >= 0.6 is 0 Å². The summed E-state index contributed by atoms with van der Waals surface area (Å²) in [5.74, 6) is 0.0340. The van der Waals surface area contributed by atoms with E-state index in [1.807, 2.05) is 66.7 Å². The minimum absolute atomic E-state index is 0.0340. The Labute approximate surface area is 146 Å². The maximum absolute atomic E-state index is 13.2. The molecule has 0 aromatic heterocycles. The van der Waals surface area contributed by atoms with Crippen molar-refractivity contribution in [1.29, 1.82) is 0 Å². The molecule has 0 spiro atoms. The molecule has 1 saturated heterocycles. The average molecular weight is 352 g/mol. The lowest BCUT2D eigenvalue weighted by molar-refractivity contribution is 0.531. The summed E-state index contributed by atoms with van der Waals surface area (Å²) in [6.45, 7) is 0. The Kier molecular flexibility index (Phi) is 3.10. The number of allylic oxidation sites excluding steroid dienone is 1. The second-order valence-electron chi connectivity index (χ2n) is 6.47. The van der Waals surface area contributed by atoms with Crippen LogP contribution in [-0.4, -0.2) is 18.9 Å². The lowest BCUT2D eigenvalue weighted by Crippen LogP contribution is -2.34. The van der Waals surface area contributed by atoms with Crippen LogP contribution in [0.25, 0.3) is 4.91 Å². The van der Waals surface area contributed by atoms with Gasteiger partial charge in [0.25, 0.3) is 0 Å². The Balaban J connectivity index is 1.69. The summed E-state index contributed by atoms with van der Waals surface area (Å²) in [5.41, 5.74) is 2.08. The number of hydrogen-bond acceptors (Lipinski definition) is 2. The Bertz CT molecular complexity index is 917. The van der Waals surface area contributed by atoms with Gasteiger partial charge in [-0.15, -0.1) is 0 Å². The molecule has 3 aliphatic heterocycles. The zero-order chi connectivity index (χ0) is 16.3. The molecular weight excluding hydrogens is 336 g/mol. The fourth-order valence-electron chi connectivity index (χ4n) is 4.29. The van der Waals surface area contributed by atoms with Crippen LogP contribution in [0.2, 0.25) is 0 Å². The summed E-state index contributed by atoms with van der Waals surface area (Å²) in [7, 11) is -2.18. The summed E-state index contributed by atoms with van der Waals surface area (Å²) in [6, 6.07) is 20.0. The number of rotatable bonds is 2. The van der Waals surface area contributed by atoms with Gasteiger partial charge in [0, 0.05) is 21.6 Å². The molecule has 2 aromatic rings. The van der Waals surface area contributed by atoms with Crippen LogP contribution in [0.4, 0.5) is 0 Å². The van der Waals surface area contributed by atoms with Crippen LogP contribution in [0, 0.1) is 5.92 Å². The topological polar surface area (TPSA) is 34.1 Å². The van der Waals surface area contributed by atoms with E-state index in [2.05, 4.69) is 12.2 Å². The molecule has 3 aliphatic rings. The lowest BCUT2D eigenvalue weighted by atomic mass is 9.79. The van der Waals surface area contributed by atoms with Gasteiger partial charge in [-0.2, -0.15) is 0 Å². The lowest BCUT2D eigenvalue weighted by Gasteiger charge is -2.29. The maximum atomic E-state index is 13.2. The first kappa shape index (κ1) is 14.6. The Hall–Kier alpha value is -1.78. The molecule has 24 heavy (non-hydrogen) atoms. The first-order valence-corrected chi connectivity index (χ1v) is 10.5. The number of hydrogen-bond donors (Lipinski definition) is 0. The molecule has 2 nitrogen and oxygen atoms in total. The summed E-state index contributed by atoms with van der Waals surface area (Å²) >= 11 is 0. The quantitative estimate of drug-likeness (QED) is 0.777. The molecule has 6 atom stereocenters. The molecule has 0 aliphatic carbocycles. The molecule has 3 heterocycles. The average Bonchev–Trinajstić information content (AvgIpc) is 3.23. The predicted octanol–water partition coefficient (Wildman–Crippen LogP) is 3.37. The first-order valence-electron chi connectivity index (χ1n) is 8.07. The van der Waals surface area contributed by atoms with Gasteiger partial charge in [-0.1, -0.05) is 78.9 Å². The number of fused-ring (bicyclic) bond motifs is 5. The van der Waals surface area contributed by atoms with Gasteiger partial charge < -0.3 is 0 Å². The van der Waals surface area contributed by atoms with Crippen molar-refractivity contribution in [2.45, 2.75) is 15.2 Å². The Morgan fingerprint density at radius 2 is 1.54 bits per heavy atom. The molecule has 1 fully saturated rings. The molecule has 4 unspecified atom stereocenters. The van der Waals surface area contributed by atoms with E-state index in [0.717, 1.165) is 16.0 Å². The Morgan fingerprint density at radius 3 is 2.25 bits per heavy atom. The van der Waals surface area contributed by atoms with Crippen LogP contribution in [0.15, 0.2) is 78.9 Å². The fourth-order valence-corrected chi connectivity index (χ4v) is 8.97. The Morgan fingerprint density at radius 1 is 0.875 bits per heavy atom. The van der Waals surface area contributed by atoms with Crippen molar-refractivity contribution in [1.82, 2.24) is 0 Å². The fraction of sp³-hybridized carbons (Fsp3) is 0.200. The molecule has 5 rings (SSSR count). The minimum atomic E-state index is -1.12. The van der Waals surface area contributed by atoms with Crippen molar-refractivity contribution < 1.29 is 8.42 Å². The monoisotopic (exact) mass is 352 g/mol. The highest BCUT2D eigenvalue weighted by Crippen LogP contribution is 2.59.